The van der Waals surface area contributed by atoms with Crippen LogP contribution in [0.2, 0.25) is 0 Å². The van der Waals surface area contributed by atoms with Crippen LogP contribution in [-0.2, 0) is 6.54 Å². The number of aromatic nitrogens is 1. The molecule has 0 atom stereocenters. The van der Waals surface area contributed by atoms with Crippen molar-refractivity contribution in [2.24, 2.45) is 0 Å². The zero-order valence-corrected chi connectivity index (χ0v) is 14.2. The largest absolute Gasteiger partial charge is 0.493 e. The van der Waals surface area contributed by atoms with Gasteiger partial charge in [0.1, 0.15) is 5.52 Å². The fourth-order valence-corrected chi connectivity index (χ4v) is 2.47. The van der Waals surface area contributed by atoms with E-state index < -0.39 is 0 Å². The highest BCUT2D eigenvalue weighted by Gasteiger charge is 2.17. The van der Waals surface area contributed by atoms with Crippen LogP contribution in [0.5, 0.6) is 17.2 Å². The number of carbonyl (C=O) groups is 1. The SMILES string of the molecule is COc1cc(C(=O)NCc2nc3ccccc3o2)cc(OC)c1OC. The Morgan fingerprint density at radius 2 is 1.76 bits per heavy atom. The number of nitrogens with one attached hydrogen (secondary N) is 1. The van der Waals surface area contributed by atoms with Crippen LogP contribution in [-0.4, -0.2) is 32.2 Å². The fourth-order valence-electron chi connectivity index (χ4n) is 2.47. The predicted octanol–water partition coefficient (Wildman–Crippen LogP) is 2.78. The molecule has 0 spiro atoms. The molecule has 2 aromatic carbocycles. The van der Waals surface area contributed by atoms with E-state index in [2.05, 4.69) is 10.3 Å². The highest BCUT2D eigenvalue weighted by molar-refractivity contribution is 5.95. The molecule has 0 unspecified atom stereocenters. The van der Waals surface area contributed by atoms with Crippen molar-refractivity contribution in [2.45, 2.75) is 6.54 Å². The Morgan fingerprint density at radius 3 is 2.36 bits per heavy atom. The van der Waals surface area contributed by atoms with E-state index in [4.69, 9.17) is 18.6 Å². The number of oxazole rings is 1. The molecule has 0 saturated heterocycles. The lowest BCUT2D eigenvalue weighted by Crippen LogP contribution is -2.23. The third-order valence-corrected chi connectivity index (χ3v) is 3.67. The summed E-state index contributed by atoms with van der Waals surface area (Å²) >= 11 is 0. The molecule has 0 aliphatic rings. The highest BCUT2D eigenvalue weighted by atomic mass is 16.5. The summed E-state index contributed by atoms with van der Waals surface area (Å²) < 4.78 is 21.3. The number of carbonyl (C=O) groups excluding carboxylic acids is 1. The number of amides is 1. The zero-order chi connectivity index (χ0) is 17.8. The van der Waals surface area contributed by atoms with Crippen LogP contribution in [0.1, 0.15) is 16.2 Å². The van der Waals surface area contributed by atoms with Crippen molar-refractivity contribution in [1.29, 1.82) is 0 Å². The number of para-hydroxylation sites is 2. The molecular weight excluding hydrogens is 324 g/mol. The molecule has 1 amide bonds. The van der Waals surface area contributed by atoms with Gasteiger partial charge in [0.2, 0.25) is 11.6 Å². The molecule has 7 heteroatoms. The zero-order valence-electron chi connectivity index (χ0n) is 14.2. The molecule has 1 aromatic heterocycles. The van der Waals surface area contributed by atoms with Crippen LogP contribution in [0.25, 0.3) is 11.1 Å². The van der Waals surface area contributed by atoms with E-state index in [1.807, 2.05) is 24.3 Å². The number of benzene rings is 2. The summed E-state index contributed by atoms with van der Waals surface area (Å²) in [6, 6.07) is 10.6. The number of nitrogens with zero attached hydrogens (tertiary/aromatic N) is 1. The van der Waals surface area contributed by atoms with Crippen molar-refractivity contribution in [1.82, 2.24) is 10.3 Å². The van der Waals surface area contributed by atoms with Gasteiger partial charge in [0, 0.05) is 5.56 Å². The second kappa shape index (κ2) is 7.12. The molecule has 1 N–H and O–H groups in total. The number of methoxy groups -OCH3 is 3. The van der Waals surface area contributed by atoms with Crippen LogP contribution >= 0.6 is 0 Å². The van der Waals surface area contributed by atoms with Gasteiger partial charge in [0.15, 0.2) is 17.1 Å². The topological polar surface area (TPSA) is 82.8 Å². The molecule has 0 aliphatic carbocycles. The summed E-state index contributed by atoms with van der Waals surface area (Å²) in [5, 5.41) is 2.77. The van der Waals surface area contributed by atoms with Gasteiger partial charge in [-0.15, -0.1) is 0 Å². The summed E-state index contributed by atoms with van der Waals surface area (Å²) in [7, 11) is 4.50. The summed E-state index contributed by atoms with van der Waals surface area (Å²) in [6.45, 7) is 0.171. The standard InChI is InChI=1S/C18H18N2O5/c1-22-14-8-11(9-15(23-2)17(14)24-3)18(21)19-10-16-20-12-6-4-5-7-13(12)25-16/h4-9H,10H2,1-3H3,(H,19,21). The van der Waals surface area contributed by atoms with E-state index in [0.29, 0.717) is 34.3 Å². The number of fused-ring (bicyclic) bond motifs is 1. The molecule has 1 heterocycles. The first-order chi connectivity index (χ1) is 12.2. The van der Waals surface area contributed by atoms with E-state index >= 15 is 0 Å². The maximum atomic E-state index is 12.4. The summed E-state index contributed by atoms with van der Waals surface area (Å²) in [5.41, 5.74) is 1.81. The van der Waals surface area contributed by atoms with Gasteiger partial charge in [-0.1, -0.05) is 12.1 Å². The Kier molecular flexibility index (Phi) is 4.74. The van der Waals surface area contributed by atoms with Crippen LogP contribution in [0.15, 0.2) is 40.8 Å². The third kappa shape index (κ3) is 3.35. The molecule has 7 nitrogen and oxygen atoms in total. The highest BCUT2D eigenvalue weighted by Crippen LogP contribution is 2.38. The van der Waals surface area contributed by atoms with E-state index in [1.54, 1.807) is 12.1 Å². The van der Waals surface area contributed by atoms with Crippen LogP contribution < -0.4 is 19.5 Å². The Balaban J connectivity index is 1.78. The van der Waals surface area contributed by atoms with Crippen molar-refractivity contribution >= 4 is 17.0 Å². The lowest BCUT2D eigenvalue weighted by Gasteiger charge is -2.13. The van der Waals surface area contributed by atoms with Crippen LogP contribution in [0, 0.1) is 0 Å². The van der Waals surface area contributed by atoms with Crippen molar-refractivity contribution in [3.8, 4) is 17.2 Å². The number of ether oxygens (including phenoxy) is 3. The first-order valence-corrected chi connectivity index (χ1v) is 7.59. The fraction of sp³-hybridized carbons (Fsp3) is 0.222. The quantitative estimate of drug-likeness (QED) is 0.742. The molecule has 25 heavy (non-hydrogen) atoms. The van der Waals surface area contributed by atoms with Crippen molar-refractivity contribution in [2.75, 3.05) is 21.3 Å². The van der Waals surface area contributed by atoms with Crippen LogP contribution in [0.4, 0.5) is 0 Å². The molecule has 3 aromatic rings. The van der Waals surface area contributed by atoms with Gasteiger partial charge in [-0.25, -0.2) is 4.98 Å². The first-order valence-electron chi connectivity index (χ1n) is 7.59. The Labute approximate surface area is 144 Å². The average Bonchev–Trinajstić information content (AvgIpc) is 3.07. The minimum Gasteiger partial charge on any atom is -0.493 e. The van der Waals surface area contributed by atoms with Gasteiger partial charge >= 0.3 is 0 Å². The van der Waals surface area contributed by atoms with Gasteiger partial charge in [-0.3, -0.25) is 4.79 Å². The molecule has 0 aliphatic heterocycles. The lowest BCUT2D eigenvalue weighted by atomic mass is 10.1. The third-order valence-electron chi connectivity index (χ3n) is 3.67. The maximum absolute atomic E-state index is 12.4. The molecule has 3 rings (SSSR count). The van der Waals surface area contributed by atoms with E-state index in [1.165, 1.54) is 21.3 Å². The van der Waals surface area contributed by atoms with E-state index in [-0.39, 0.29) is 12.5 Å². The van der Waals surface area contributed by atoms with Gasteiger partial charge in [-0.2, -0.15) is 0 Å². The lowest BCUT2D eigenvalue weighted by molar-refractivity contribution is 0.0946. The normalized spacial score (nSPS) is 10.5. The van der Waals surface area contributed by atoms with Gasteiger partial charge in [-0.05, 0) is 24.3 Å². The molecule has 0 saturated carbocycles. The van der Waals surface area contributed by atoms with E-state index in [0.717, 1.165) is 5.52 Å². The minimum absolute atomic E-state index is 0.171. The second-order valence-electron chi connectivity index (χ2n) is 5.17. The Bertz CT molecular complexity index is 845. The molecule has 130 valence electrons. The van der Waals surface area contributed by atoms with Gasteiger partial charge < -0.3 is 23.9 Å². The number of rotatable bonds is 6. The monoisotopic (exact) mass is 342 g/mol. The molecular formula is C18H18N2O5. The molecule has 0 fully saturated rings. The second-order valence-corrected chi connectivity index (χ2v) is 5.17. The van der Waals surface area contributed by atoms with Crippen LogP contribution in [0.3, 0.4) is 0 Å². The Hall–Kier alpha value is -3.22. The smallest absolute Gasteiger partial charge is 0.251 e. The molecule has 0 bridgehead atoms. The summed E-state index contributed by atoms with van der Waals surface area (Å²) in [5.74, 6) is 1.38. The number of hydrogen-bond acceptors (Lipinski definition) is 6. The maximum Gasteiger partial charge on any atom is 0.251 e. The van der Waals surface area contributed by atoms with Crippen molar-refractivity contribution < 1.29 is 23.4 Å². The van der Waals surface area contributed by atoms with E-state index in [9.17, 15) is 4.79 Å². The van der Waals surface area contributed by atoms with Crippen molar-refractivity contribution in [3.05, 3.63) is 47.9 Å². The van der Waals surface area contributed by atoms with Gasteiger partial charge in [0.05, 0.1) is 27.9 Å². The minimum atomic E-state index is -0.304. The predicted molar refractivity (Wildman–Crippen MR) is 91.3 cm³/mol. The number of hydrogen-bond donors (Lipinski definition) is 1. The van der Waals surface area contributed by atoms with Crippen molar-refractivity contribution in [3.63, 3.8) is 0 Å². The Morgan fingerprint density at radius 1 is 1.08 bits per heavy atom. The first kappa shape index (κ1) is 16.6. The van der Waals surface area contributed by atoms with Gasteiger partial charge in [0.25, 0.3) is 5.91 Å². The summed E-state index contributed by atoms with van der Waals surface area (Å²) in [6.07, 6.45) is 0. The summed E-state index contributed by atoms with van der Waals surface area (Å²) in [4.78, 5) is 16.8. The molecule has 0 radical (unpaired) electrons. The average molecular weight is 342 g/mol.